The number of halogens is 2. The molecule has 1 unspecified atom stereocenters. The van der Waals surface area contributed by atoms with Crippen LogP contribution in [0.25, 0.3) is 0 Å². The minimum Gasteiger partial charge on any atom is -0.385 e. The summed E-state index contributed by atoms with van der Waals surface area (Å²) < 4.78 is 14.2. The Morgan fingerprint density at radius 2 is 1.88 bits per heavy atom. The van der Waals surface area contributed by atoms with Crippen molar-refractivity contribution in [2.24, 2.45) is 15.9 Å². The number of piperidine rings is 1. The lowest BCUT2D eigenvalue weighted by Gasteiger charge is -2.51. The normalized spacial score (nSPS) is 27.8. The van der Waals surface area contributed by atoms with E-state index in [1.54, 1.807) is 0 Å². The molecule has 2 N–H and O–H groups in total. The minimum atomic E-state index is -0.735. The van der Waals surface area contributed by atoms with Gasteiger partial charge in [-0.05, 0) is 37.0 Å². The van der Waals surface area contributed by atoms with E-state index in [2.05, 4.69) is 20.0 Å². The predicted molar refractivity (Wildman–Crippen MR) is 98.8 cm³/mol. The minimum absolute atomic E-state index is 0.0134. The second kappa shape index (κ2) is 6.92. The fourth-order valence-electron chi connectivity index (χ4n) is 4.04. The first-order valence-corrected chi connectivity index (χ1v) is 9.26. The van der Waals surface area contributed by atoms with Crippen molar-refractivity contribution >= 4 is 23.3 Å². The second-order valence-electron chi connectivity index (χ2n) is 7.11. The Balaban J connectivity index is 1.32. The van der Waals surface area contributed by atoms with Gasteiger partial charge in [0.05, 0.1) is 6.42 Å². The highest BCUT2D eigenvalue weighted by Crippen LogP contribution is 2.31. The molecule has 0 saturated carbocycles. The molecule has 0 radical (unpaired) electrons. The first-order valence-electron chi connectivity index (χ1n) is 8.88. The summed E-state index contributed by atoms with van der Waals surface area (Å²) in [5.41, 5.74) is 6.85. The number of amidine groups is 2. The van der Waals surface area contributed by atoms with E-state index in [1.165, 1.54) is 0 Å². The molecule has 0 amide bonds. The molecular weight excluding hydrogens is 341 g/mol. The van der Waals surface area contributed by atoms with Gasteiger partial charge in [-0.15, -0.1) is 10.2 Å². The number of likely N-dealkylation sites (tertiary alicyclic amines) is 2. The molecule has 2 fully saturated rings. The summed E-state index contributed by atoms with van der Waals surface area (Å²) in [5, 5.41) is 8.80. The van der Waals surface area contributed by atoms with Gasteiger partial charge in [-0.2, -0.15) is 0 Å². The summed E-state index contributed by atoms with van der Waals surface area (Å²) in [4.78, 5) is 4.61. The Hall–Kier alpha value is -1.66. The molecule has 3 aliphatic heterocycles. The number of alkyl halides is 1. The zero-order valence-electron chi connectivity index (χ0n) is 14.1. The lowest BCUT2D eigenvalue weighted by Crippen LogP contribution is -2.64. The molecule has 0 aromatic heterocycles. The Kier molecular flexibility index (Phi) is 4.65. The van der Waals surface area contributed by atoms with Crippen molar-refractivity contribution in [3.8, 4) is 0 Å². The van der Waals surface area contributed by atoms with Gasteiger partial charge in [0.2, 0.25) is 0 Å². The van der Waals surface area contributed by atoms with Gasteiger partial charge in [0.15, 0.2) is 0 Å². The summed E-state index contributed by atoms with van der Waals surface area (Å²) in [6.45, 7) is 2.43. The molecule has 0 spiro atoms. The summed E-state index contributed by atoms with van der Waals surface area (Å²) >= 11 is 5.94. The third-order valence-electron chi connectivity index (χ3n) is 5.52. The van der Waals surface area contributed by atoms with Crippen LogP contribution in [0.2, 0.25) is 5.02 Å². The van der Waals surface area contributed by atoms with Gasteiger partial charge in [0.25, 0.3) is 0 Å². The van der Waals surface area contributed by atoms with E-state index in [0.29, 0.717) is 24.8 Å². The molecule has 4 rings (SSSR count). The van der Waals surface area contributed by atoms with Crippen LogP contribution in [0.1, 0.15) is 24.8 Å². The molecule has 7 heteroatoms. The van der Waals surface area contributed by atoms with Crippen LogP contribution in [-0.2, 0) is 6.42 Å². The fourth-order valence-corrected chi connectivity index (χ4v) is 4.17. The van der Waals surface area contributed by atoms with Gasteiger partial charge in [0, 0.05) is 36.7 Å². The molecule has 134 valence electrons. The molecule has 0 aliphatic carbocycles. The SMILES string of the molecule is NC1=NN=C(N2CCC(N3C[C@@H](F)C3Cc3ccc(Cl)cc3)CC2)C1. The van der Waals surface area contributed by atoms with Crippen LogP contribution in [0.3, 0.4) is 0 Å². The van der Waals surface area contributed by atoms with Gasteiger partial charge in [-0.25, -0.2) is 4.39 Å². The van der Waals surface area contributed by atoms with Gasteiger partial charge < -0.3 is 10.6 Å². The number of nitrogens with two attached hydrogens (primary N) is 1. The molecule has 3 aliphatic rings. The van der Waals surface area contributed by atoms with Crippen LogP contribution in [0.5, 0.6) is 0 Å². The van der Waals surface area contributed by atoms with Gasteiger partial charge in [-0.1, -0.05) is 23.7 Å². The zero-order valence-corrected chi connectivity index (χ0v) is 14.9. The number of benzene rings is 1. The van der Waals surface area contributed by atoms with Crippen molar-refractivity contribution in [1.29, 1.82) is 0 Å². The molecule has 5 nitrogen and oxygen atoms in total. The lowest BCUT2D eigenvalue weighted by atomic mass is 9.88. The highest BCUT2D eigenvalue weighted by atomic mass is 35.5. The van der Waals surface area contributed by atoms with Crippen LogP contribution < -0.4 is 5.73 Å². The van der Waals surface area contributed by atoms with E-state index in [-0.39, 0.29) is 6.04 Å². The molecule has 0 bridgehead atoms. The fraction of sp³-hybridized carbons (Fsp3) is 0.556. The van der Waals surface area contributed by atoms with Crippen molar-refractivity contribution < 1.29 is 4.39 Å². The van der Waals surface area contributed by atoms with Crippen LogP contribution in [0.4, 0.5) is 4.39 Å². The largest absolute Gasteiger partial charge is 0.385 e. The molecule has 2 atom stereocenters. The average Bonchev–Trinajstić information content (AvgIpc) is 3.06. The van der Waals surface area contributed by atoms with Crippen molar-refractivity contribution in [2.45, 2.75) is 43.9 Å². The van der Waals surface area contributed by atoms with Gasteiger partial charge >= 0.3 is 0 Å². The monoisotopic (exact) mass is 363 g/mol. The highest BCUT2D eigenvalue weighted by molar-refractivity contribution is 6.30. The first-order chi connectivity index (χ1) is 12.1. The summed E-state index contributed by atoms with van der Waals surface area (Å²) in [6.07, 6.45) is 2.72. The molecule has 25 heavy (non-hydrogen) atoms. The maximum absolute atomic E-state index is 14.2. The Morgan fingerprint density at radius 3 is 2.48 bits per heavy atom. The molecule has 2 saturated heterocycles. The predicted octanol–water partition coefficient (Wildman–Crippen LogP) is 2.44. The maximum Gasteiger partial charge on any atom is 0.135 e. The number of rotatable bonds is 3. The Labute approximate surface area is 152 Å². The smallest absolute Gasteiger partial charge is 0.135 e. The van der Waals surface area contributed by atoms with Gasteiger partial charge in [0.1, 0.15) is 17.8 Å². The topological polar surface area (TPSA) is 57.2 Å². The van der Waals surface area contributed by atoms with Crippen molar-refractivity contribution in [1.82, 2.24) is 9.80 Å². The van der Waals surface area contributed by atoms with Crippen molar-refractivity contribution in [2.75, 3.05) is 19.6 Å². The van der Waals surface area contributed by atoms with Crippen LogP contribution in [0, 0.1) is 0 Å². The molecule has 3 heterocycles. The van der Waals surface area contributed by atoms with E-state index >= 15 is 0 Å². The first kappa shape index (κ1) is 16.8. The molecule has 1 aromatic rings. The summed E-state index contributed by atoms with van der Waals surface area (Å²) in [5.74, 6) is 1.56. The Morgan fingerprint density at radius 1 is 1.16 bits per heavy atom. The van der Waals surface area contributed by atoms with Crippen molar-refractivity contribution in [3.05, 3.63) is 34.9 Å². The summed E-state index contributed by atoms with van der Waals surface area (Å²) in [7, 11) is 0. The zero-order chi connectivity index (χ0) is 17.4. The number of hydrogen-bond acceptors (Lipinski definition) is 5. The van der Waals surface area contributed by atoms with Crippen LogP contribution in [0.15, 0.2) is 34.5 Å². The van der Waals surface area contributed by atoms with Gasteiger partial charge in [-0.3, -0.25) is 4.90 Å². The number of hydrogen-bond donors (Lipinski definition) is 1. The summed E-state index contributed by atoms with van der Waals surface area (Å²) in [6, 6.07) is 8.18. The van der Waals surface area contributed by atoms with Crippen LogP contribution >= 0.6 is 11.6 Å². The standard InChI is InChI=1S/C18H23ClFN5/c19-13-3-1-12(2-4-13)9-16-15(20)11-25(16)14-5-7-24(8-6-14)18-10-17(21)22-23-18/h1-4,14-16H,5-11H2,(H2,21,22)/t15-,16?/m1/s1. The Bertz CT molecular complexity index is 681. The quantitative estimate of drug-likeness (QED) is 0.897. The molecular formula is C18H23ClFN5. The highest BCUT2D eigenvalue weighted by Gasteiger charge is 2.43. The number of nitrogens with zero attached hydrogens (tertiary/aromatic N) is 4. The third-order valence-corrected chi connectivity index (χ3v) is 5.77. The third kappa shape index (κ3) is 3.51. The van der Waals surface area contributed by atoms with E-state index in [1.807, 2.05) is 24.3 Å². The second-order valence-corrected chi connectivity index (χ2v) is 7.55. The lowest BCUT2D eigenvalue weighted by molar-refractivity contribution is -0.0533. The molecule has 1 aromatic carbocycles. The van der Waals surface area contributed by atoms with E-state index in [0.717, 1.165) is 48.8 Å². The maximum atomic E-state index is 14.2. The van der Waals surface area contributed by atoms with Crippen molar-refractivity contribution in [3.63, 3.8) is 0 Å². The van der Waals surface area contributed by atoms with E-state index in [4.69, 9.17) is 17.3 Å². The van der Waals surface area contributed by atoms with E-state index < -0.39 is 6.17 Å². The van der Waals surface area contributed by atoms with E-state index in [9.17, 15) is 4.39 Å². The van der Waals surface area contributed by atoms with Crippen LogP contribution in [-0.4, -0.2) is 59.4 Å². The average molecular weight is 364 g/mol.